The van der Waals surface area contributed by atoms with Gasteiger partial charge in [0.15, 0.2) is 0 Å². The van der Waals surface area contributed by atoms with Gasteiger partial charge >= 0.3 is 0 Å². The van der Waals surface area contributed by atoms with Crippen LogP contribution < -0.4 is 4.72 Å². The topological polar surface area (TPSA) is 70.0 Å². The summed E-state index contributed by atoms with van der Waals surface area (Å²) in [5.41, 5.74) is 0. The molecule has 4 nitrogen and oxygen atoms in total. The first-order valence-corrected chi connectivity index (χ1v) is 7.56. The van der Waals surface area contributed by atoms with Gasteiger partial charge in [-0.15, -0.1) is 0 Å². The van der Waals surface area contributed by atoms with Crippen LogP contribution in [0.25, 0.3) is 0 Å². The van der Waals surface area contributed by atoms with Gasteiger partial charge in [-0.3, -0.25) is 0 Å². The molecule has 0 aliphatic carbocycles. The van der Waals surface area contributed by atoms with Crippen LogP contribution in [0.2, 0.25) is 0 Å². The summed E-state index contributed by atoms with van der Waals surface area (Å²) in [5.74, 6) is -0.623. The molecule has 0 aromatic heterocycles. The minimum Gasteiger partial charge on any atom is -0.211 e. The van der Waals surface area contributed by atoms with Gasteiger partial charge in [-0.2, -0.15) is 5.26 Å². The SMILES string of the molecule is N#CCCCCNS(=O)(=O)c1ccc(Br)c(F)c1. The number of nitriles is 1. The van der Waals surface area contributed by atoms with E-state index in [2.05, 4.69) is 20.7 Å². The molecule has 1 N–H and O–H groups in total. The van der Waals surface area contributed by atoms with Crippen molar-refractivity contribution < 1.29 is 12.8 Å². The van der Waals surface area contributed by atoms with Gasteiger partial charge in [-0.1, -0.05) is 0 Å². The molecule has 0 atom stereocenters. The van der Waals surface area contributed by atoms with E-state index in [4.69, 9.17) is 5.26 Å². The van der Waals surface area contributed by atoms with Crippen LogP contribution in [0.5, 0.6) is 0 Å². The second-order valence-corrected chi connectivity index (χ2v) is 6.21. The van der Waals surface area contributed by atoms with Crippen molar-refractivity contribution in [3.05, 3.63) is 28.5 Å². The molecular formula is C11H12BrFN2O2S. The fraction of sp³-hybridized carbons (Fsp3) is 0.364. The predicted molar refractivity (Wildman–Crippen MR) is 68.8 cm³/mol. The molecule has 0 fully saturated rings. The monoisotopic (exact) mass is 334 g/mol. The fourth-order valence-corrected chi connectivity index (χ4v) is 2.60. The van der Waals surface area contributed by atoms with Crippen molar-refractivity contribution in [3.8, 4) is 6.07 Å². The molecule has 0 amide bonds. The lowest BCUT2D eigenvalue weighted by Gasteiger charge is -2.06. The van der Waals surface area contributed by atoms with Crippen molar-refractivity contribution in [2.24, 2.45) is 0 Å². The molecule has 0 saturated heterocycles. The van der Waals surface area contributed by atoms with E-state index in [1.54, 1.807) is 0 Å². The number of sulfonamides is 1. The molecule has 0 saturated carbocycles. The van der Waals surface area contributed by atoms with Gasteiger partial charge in [0.1, 0.15) is 5.82 Å². The lowest BCUT2D eigenvalue weighted by Crippen LogP contribution is -2.24. The standard InChI is InChI=1S/C11H12BrFN2O2S/c12-10-5-4-9(8-11(10)13)18(16,17)15-7-3-1-2-6-14/h4-5,8,15H,1-3,7H2. The molecule has 0 heterocycles. The summed E-state index contributed by atoms with van der Waals surface area (Å²) in [6.07, 6.45) is 1.61. The Morgan fingerprint density at radius 2 is 2.11 bits per heavy atom. The highest BCUT2D eigenvalue weighted by molar-refractivity contribution is 9.10. The Hall–Kier alpha value is -0.970. The van der Waals surface area contributed by atoms with Crippen LogP contribution in [0.4, 0.5) is 4.39 Å². The van der Waals surface area contributed by atoms with E-state index >= 15 is 0 Å². The summed E-state index contributed by atoms with van der Waals surface area (Å²) in [6, 6.07) is 5.61. The van der Waals surface area contributed by atoms with Gasteiger partial charge < -0.3 is 0 Å². The van der Waals surface area contributed by atoms with E-state index in [1.807, 2.05) is 6.07 Å². The van der Waals surface area contributed by atoms with Gasteiger partial charge in [-0.05, 0) is 47.0 Å². The summed E-state index contributed by atoms with van der Waals surface area (Å²) in [4.78, 5) is -0.108. The lowest BCUT2D eigenvalue weighted by molar-refractivity contribution is 0.573. The molecule has 0 aliphatic rings. The van der Waals surface area contributed by atoms with E-state index in [0.29, 0.717) is 19.3 Å². The Kier molecular flexibility index (Phi) is 5.72. The number of rotatable bonds is 6. The molecule has 0 spiro atoms. The van der Waals surface area contributed by atoms with Gasteiger partial charge in [0, 0.05) is 13.0 Å². The zero-order valence-electron chi connectivity index (χ0n) is 9.49. The molecule has 0 aliphatic heterocycles. The number of halogens is 2. The van der Waals surface area contributed by atoms with Gasteiger partial charge in [0.2, 0.25) is 10.0 Å². The first-order chi connectivity index (χ1) is 8.47. The average molecular weight is 335 g/mol. The van der Waals surface area contributed by atoms with Crippen LogP contribution in [0.15, 0.2) is 27.6 Å². The van der Waals surface area contributed by atoms with Crippen molar-refractivity contribution >= 4 is 26.0 Å². The summed E-state index contributed by atoms with van der Waals surface area (Å²) < 4.78 is 39.3. The summed E-state index contributed by atoms with van der Waals surface area (Å²) in [5, 5.41) is 8.33. The summed E-state index contributed by atoms with van der Waals surface area (Å²) in [7, 11) is -3.68. The van der Waals surface area contributed by atoms with Crippen molar-refractivity contribution in [1.82, 2.24) is 4.72 Å². The zero-order valence-corrected chi connectivity index (χ0v) is 11.9. The van der Waals surface area contributed by atoms with Crippen LogP contribution in [0.3, 0.4) is 0 Å². The van der Waals surface area contributed by atoms with Crippen LogP contribution in [-0.2, 0) is 10.0 Å². The average Bonchev–Trinajstić information content (AvgIpc) is 2.32. The fourth-order valence-electron chi connectivity index (χ4n) is 1.26. The molecule has 1 aromatic carbocycles. The van der Waals surface area contributed by atoms with Crippen LogP contribution in [0.1, 0.15) is 19.3 Å². The Morgan fingerprint density at radius 1 is 1.39 bits per heavy atom. The molecule has 0 radical (unpaired) electrons. The Morgan fingerprint density at radius 3 is 2.72 bits per heavy atom. The van der Waals surface area contributed by atoms with Crippen molar-refractivity contribution in [2.75, 3.05) is 6.54 Å². The molecule has 98 valence electrons. The Labute approximate surface area is 114 Å². The third kappa shape index (κ3) is 4.37. The molecule has 0 unspecified atom stereocenters. The minimum absolute atomic E-state index is 0.108. The molecule has 1 aromatic rings. The Bertz CT molecular complexity index is 555. The van der Waals surface area contributed by atoms with E-state index in [-0.39, 0.29) is 15.9 Å². The highest BCUT2D eigenvalue weighted by atomic mass is 79.9. The lowest BCUT2D eigenvalue weighted by atomic mass is 10.2. The minimum atomic E-state index is -3.68. The smallest absolute Gasteiger partial charge is 0.211 e. The van der Waals surface area contributed by atoms with Gasteiger partial charge in [0.05, 0.1) is 15.4 Å². The quantitative estimate of drug-likeness (QED) is 0.813. The van der Waals surface area contributed by atoms with Crippen molar-refractivity contribution in [3.63, 3.8) is 0 Å². The molecular weight excluding hydrogens is 323 g/mol. The first kappa shape index (κ1) is 15.1. The number of nitrogens with zero attached hydrogens (tertiary/aromatic N) is 1. The third-order valence-electron chi connectivity index (χ3n) is 2.21. The molecule has 18 heavy (non-hydrogen) atoms. The number of benzene rings is 1. The summed E-state index contributed by atoms with van der Waals surface area (Å²) >= 11 is 2.96. The number of unbranched alkanes of at least 4 members (excludes halogenated alkanes) is 2. The number of nitrogens with one attached hydrogen (secondary N) is 1. The summed E-state index contributed by atoms with van der Waals surface area (Å²) in [6.45, 7) is 0.238. The highest BCUT2D eigenvalue weighted by Crippen LogP contribution is 2.19. The van der Waals surface area contributed by atoms with E-state index in [1.165, 1.54) is 12.1 Å². The second-order valence-electron chi connectivity index (χ2n) is 3.59. The zero-order chi connectivity index (χ0) is 13.6. The largest absolute Gasteiger partial charge is 0.240 e. The second kappa shape index (κ2) is 6.83. The van der Waals surface area contributed by atoms with Crippen molar-refractivity contribution in [1.29, 1.82) is 5.26 Å². The Balaban J connectivity index is 2.63. The first-order valence-electron chi connectivity index (χ1n) is 5.29. The predicted octanol–water partition coefficient (Wildman–Crippen LogP) is 2.56. The van der Waals surface area contributed by atoms with E-state index in [0.717, 1.165) is 6.07 Å². The number of hydrogen-bond donors (Lipinski definition) is 1. The third-order valence-corrected chi connectivity index (χ3v) is 4.31. The van der Waals surface area contributed by atoms with E-state index in [9.17, 15) is 12.8 Å². The van der Waals surface area contributed by atoms with Gasteiger partial charge in [0.25, 0.3) is 0 Å². The van der Waals surface area contributed by atoms with Crippen LogP contribution in [-0.4, -0.2) is 15.0 Å². The van der Waals surface area contributed by atoms with E-state index < -0.39 is 15.8 Å². The maximum Gasteiger partial charge on any atom is 0.240 e. The normalized spacial score (nSPS) is 11.2. The molecule has 0 bridgehead atoms. The number of hydrogen-bond acceptors (Lipinski definition) is 3. The molecule has 1 rings (SSSR count). The van der Waals surface area contributed by atoms with Crippen LogP contribution in [0, 0.1) is 17.1 Å². The highest BCUT2D eigenvalue weighted by Gasteiger charge is 2.14. The van der Waals surface area contributed by atoms with Gasteiger partial charge in [-0.25, -0.2) is 17.5 Å². The van der Waals surface area contributed by atoms with Crippen molar-refractivity contribution in [2.45, 2.75) is 24.2 Å². The molecule has 7 heteroatoms. The maximum absolute atomic E-state index is 13.2. The maximum atomic E-state index is 13.2. The van der Waals surface area contributed by atoms with Crippen LogP contribution >= 0.6 is 15.9 Å².